The molecule has 0 spiro atoms. The first-order chi connectivity index (χ1) is 18.3. The molecule has 0 aromatic heterocycles. The molecule has 0 bridgehead atoms. The lowest BCUT2D eigenvalue weighted by molar-refractivity contribution is -0.138. The Bertz CT molecular complexity index is 1200. The van der Waals surface area contributed by atoms with Crippen LogP contribution >= 0.6 is 0 Å². The maximum Gasteiger partial charge on any atom is 0.330 e. The number of hydrogen-bond acceptors (Lipinski definition) is 6. The highest BCUT2D eigenvalue weighted by Gasteiger charge is 2.26. The lowest BCUT2D eigenvalue weighted by atomic mass is 9.96. The number of amidine groups is 1. The number of aliphatic carboxylic acids is 1. The van der Waals surface area contributed by atoms with Gasteiger partial charge >= 0.3 is 5.97 Å². The molecule has 8 heteroatoms. The largest absolute Gasteiger partial charge is 0.494 e. The van der Waals surface area contributed by atoms with Crippen molar-refractivity contribution in [2.45, 2.75) is 39.8 Å². The summed E-state index contributed by atoms with van der Waals surface area (Å²) in [4.78, 5) is 12.5. The lowest BCUT2D eigenvalue weighted by Gasteiger charge is -2.23. The van der Waals surface area contributed by atoms with Crippen LogP contribution in [0.3, 0.4) is 0 Å². The Hall–Kier alpha value is -4.04. The molecule has 1 unspecified atom stereocenters. The van der Waals surface area contributed by atoms with Gasteiger partial charge < -0.3 is 30.4 Å². The van der Waals surface area contributed by atoms with Crippen LogP contribution < -0.4 is 20.5 Å². The number of carboxylic acid groups (broad SMARTS) is 1. The van der Waals surface area contributed by atoms with Gasteiger partial charge in [0, 0.05) is 16.8 Å². The number of hydrogen-bond donors (Lipinski definition) is 4. The minimum Gasteiger partial charge on any atom is -0.494 e. The number of benzene rings is 3. The van der Waals surface area contributed by atoms with Crippen molar-refractivity contribution in [2.75, 3.05) is 25.1 Å². The van der Waals surface area contributed by atoms with Crippen molar-refractivity contribution < 1.29 is 24.1 Å². The van der Waals surface area contributed by atoms with Crippen molar-refractivity contribution in [2.24, 2.45) is 11.7 Å². The van der Waals surface area contributed by atoms with Crippen LogP contribution in [0.15, 0.2) is 66.7 Å². The summed E-state index contributed by atoms with van der Waals surface area (Å²) in [5.41, 5.74) is 9.15. The SMILES string of the molecule is CCOc1cc(C(Nc2ccc(C(=N)N)cc2)C(=O)O)c(OCCOCc2ccccc2)cc1CC(C)C. The molecule has 38 heavy (non-hydrogen) atoms. The summed E-state index contributed by atoms with van der Waals surface area (Å²) < 4.78 is 17.8. The minimum absolute atomic E-state index is 0.0569. The van der Waals surface area contributed by atoms with Gasteiger partial charge in [0.1, 0.15) is 23.9 Å². The molecule has 3 aromatic rings. The maximum atomic E-state index is 12.5. The first-order valence-electron chi connectivity index (χ1n) is 12.8. The molecule has 0 saturated carbocycles. The van der Waals surface area contributed by atoms with Crippen molar-refractivity contribution in [3.63, 3.8) is 0 Å². The van der Waals surface area contributed by atoms with Gasteiger partial charge in [0.25, 0.3) is 0 Å². The number of carboxylic acids is 1. The second-order valence-electron chi connectivity index (χ2n) is 9.32. The lowest BCUT2D eigenvalue weighted by Crippen LogP contribution is -2.22. The molecule has 0 heterocycles. The number of nitrogen functional groups attached to an aromatic ring is 1. The summed E-state index contributed by atoms with van der Waals surface area (Å²) >= 11 is 0. The van der Waals surface area contributed by atoms with Crippen LogP contribution in [0.4, 0.5) is 5.69 Å². The molecule has 0 saturated heterocycles. The fourth-order valence-corrected chi connectivity index (χ4v) is 4.02. The van der Waals surface area contributed by atoms with Crippen molar-refractivity contribution >= 4 is 17.5 Å². The topological polar surface area (TPSA) is 127 Å². The zero-order chi connectivity index (χ0) is 27.5. The van der Waals surface area contributed by atoms with E-state index in [9.17, 15) is 9.90 Å². The van der Waals surface area contributed by atoms with Crippen molar-refractivity contribution in [3.05, 3.63) is 89.0 Å². The van der Waals surface area contributed by atoms with E-state index in [1.807, 2.05) is 43.3 Å². The number of anilines is 1. The summed E-state index contributed by atoms with van der Waals surface area (Å²) in [7, 11) is 0. The third-order valence-electron chi connectivity index (χ3n) is 5.78. The highest BCUT2D eigenvalue weighted by atomic mass is 16.5. The highest BCUT2D eigenvalue weighted by molar-refractivity contribution is 5.95. The Kier molecular flexibility index (Phi) is 10.5. The molecule has 0 aliphatic heterocycles. The number of nitrogens with two attached hydrogens (primary N) is 1. The van der Waals surface area contributed by atoms with Gasteiger partial charge in [-0.05, 0) is 66.8 Å². The predicted octanol–water partition coefficient (Wildman–Crippen LogP) is 5.40. The van der Waals surface area contributed by atoms with E-state index in [-0.39, 0.29) is 12.4 Å². The summed E-state index contributed by atoms with van der Waals surface area (Å²) in [6, 6.07) is 19.1. The smallest absolute Gasteiger partial charge is 0.330 e. The Labute approximate surface area is 224 Å². The van der Waals surface area contributed by atoms with Crippen molar-refractivity contribution in [1.82, 2.24) is 0 Å². The standard InChI is InChI=1S/C30H37N3O5/c1-4-37-26-18-25(28(30(34)35)33-24-12-10-22(11-13-24)29(31)32)27(17-23(26)16-20(2)3)38-15-14-36-19-21-8-6-5-7-9-21/h5-13,17-18,20,28,33H,4,14-16,19H2,1-3H3,(H3,31,32)(H,34,35). The van der Waals surface area contributed by atoms with Crippen LogP contribution in [0.2, 0.25) is 0 Å². The van der Waals surface area contributed by atoms with E-state index in [4.69, 9.17) is 25.4 Å². The fourth-order valence-electron chi connectivity index (χ4n) is 4.02. The van der Waals surface area contributed by atoms with Gasteiger partial charge in [0.05, 0.1) is 19.8 Å². The Morgan fingerprint density at radius 3 is 2.32 bits per heavy atom. The second kappa shape index (κ2) is 14.0. The Morgan fingerprint density at radius 1 is 1.00 bits per heavy atom. The van der Waals surface area contributed by atoms with Gasteiger partial charge in [-0.15, -0.1) is 0 Å². The van der Waals surface area contributed by atoms with Gasteiger partial charge in [-0.2, -0.15) is 0 Å². The number of carbonyl (C=O) groups is 1. The van der Waals surface area contributed by atoms with Gasteiger partial charge in [-0.3, -0.25) is 5.41 Å². The third kappa shape index (κ3) is 8.24. The van der Waals surface area contributed by atoms with Crippen LogP contribution in [-0.4, -0.2) is 36.7 Å². The quantitative estimate of drug-likeness (QED) is 0.120. The third-order valence-corrected chi connectivity index (χ3v) is 5.78. The van der Waals surface area contributed by atoms with Crippen molar-refractivity contribution in [3.8, 4) is 11.5 Å². The summed E-state index contributed by atoms with van der Waals surface area (Å²) in [5, 5.41) is 20.8. The van der Waals surface area contributed by atoms with Crippen molar-refractivity contribution in [1.29, 1.82) is 5.41 Å². The zero-order valence-electron chi connectivity index (χ0n) is 22.2. The molecule has 0 aliphatic carbocycles. The van der Waals surface area contributed by atoms with Crippen LogP contribution in [0.5, 0.6) is 11.5 Å². The number of ether oxygens (including phenoxy) is 3. The van der Waals surface area contributed by atoms with Crippen LogP contribution in [0.1, 0.15) is 49.1 Å². The van der Waals surface area contributed by atoms with E-state index < -0.39 is 12.0 Å². The van der Waals surface area contributed by atoms with Crippen LogP contribution in [0.25, 0.3) is 0 Å². The summed E-state index contributed by atoms with van der Waals surface area (Å²) in [6.45, 7) is 7.66. The molecule has 202 valence electrons. The van der Waals surface area contributed by atoms with Gasteiger partial charge in [0.15, 0.2) is 6.04 Å². The average molecular weight is 520 g/mol. The summed E-state index contributed by atoms with van der Waals surface area (Å²) in [6.07, 6.45) is 0.758. The molecule has 0 fully saturated rings. The first kappa shape index (κ1) is 28.5. The molecule has 0 radical (unpaired) electrons. The monoisotopic (exact) mass is 519 g/mol. The normalized spacial score (nSPS) is 11.7. The maximum absolute atomic E-state index is 12.5. The highest BCUT2D eigenvalue weighted by Crippen LogP contribution is 2.36. The molecule has 3 aromatic carbocycles. The molecule has 1 atom stereocenters. The average Bonchev–Trinajstić information content (AvgIpc) is 2.89. The van der Waals surface area contributed by atoms with E-state index in [1.54, 1.807) is 30.3 Å². The predicted molar refractivity (Wildman–Crippen MR) is 149 cm³/mol. The van der Waals surface area contributed by atoms with E-state index in [1.165, 1.54) is 0 Å². The zero-order valence-corrected chi connectivity index (χ0v) is 22.2. The first-order valence-corrected chi connectivity index (χ1v) is 12.8. The Morgan fingerprint density at radius 2 is 1.71 bits per heavy atom. The molecule has 3 rings (SSSR count). The van der Waals surface area contributed by atoms with E-state index in [2.05, 4.69) is 19.2 Å². The van der Waals surface area contributed by atoms with Gasteiger partial charge in [0.2, 0.25) is 0 Å². The van der Waals surface area contributed by atoms with E-state index in [0.29, 0.717) is 54.1 Å². The van der Waals surface area contributed by atoms with E-state index in [0.717, 1.165) is 17.5 Å². The van der Waals surface area contributed by atoms with Crippen LogP contribution in [0, 0.1) is 11.3 Å². The second-order valence-corrected chi connectivity index (χ2v) is 9.32. The minimum atomic E-state index is -1.11. The molecule has 8 nitrogen and oxygen atoms in total. The van der Waals surface area contributed by atoms with Gasteiger partial charge in [-0.1, -0.05) is 44.2 Å². The summed E-state index contributed by atoms with van der Waals surface area (Å²) in [5.74, 6) is 0.357. The van der Waals surface area contributed by atoms with Crippen LogP contribution in [-0.2, 0) is 22.6 Å². The number of rotatable bonds is 15. The number of nitrogens with one attached hydrogen (secondary N) is 2. The molecular weight excluding hydrogens is 482 g/mol. The molecule has 5 N–H and O–H groups in total. The van der Waals surface area contributed by atoms with E-state index >= 15 is 0 Å². The fraction of sp³-hybridized carbons (Fsp3) is 0.333. The molecular formula is C30H37N3O5. The molecule has 0 aliphatic rings. The Balaban J connectivity index is 1.87. The van der Waals surface area contributed by atoms with Gasteiger partial charge in [-0.25, -0.2) is 4.79 Å². The molecule has 0 amide bonds.